The van der Waals surface area contributed by atoms with Gasteiger partial charge in [0.2, 0.25) is 0 Å². The molecule has 0 aliphatic heterocycles. The first-order valence-corrected chi connectivity index (χ1v) is 7.36. The number of hydrogen-bond acceptors (Lipinski definition) is 2. The van der Waals surface area contributed by atoms with Crippen LogP contribution in [-0.2, 0) is 6.54 Å². The first-order chi connectivity index (χ1) is 8.16. The third-order valence-corrected chi connectivity index (χ3v) is 4.76. The van der Waals surface area contributed by atoms with Crippen molar-refractivity contribution < 1.29 is 0 Å². The monoisotopic (exact) mass is 309 g/mol. The van der Waals surface area contributed by atoms with E-state index in [4.69, 9.17) is 0 Å². The molecule has 0 amide bonds. The van der Waals surface area contributed by atoms with Crippen molar-refractivity contribution in [3.63, 3.8) is 0 Å². The van der Waals surface area contributed by atoms with Crippen molar-refractivity contribution in [2.75, 3.05) is 0 Å². The molecule has 17 heavy (non-hydrogen) atoms. The van der Waals surface area contributed by atoms with E-state index in [0.717, 1.165) is 6.54 Å². The van der Waals surface area contributed by atoms with Crippen LogP contribution in [0.25, 0.3) is 0 Å². The fraction of sp³-hybridized carbons (Fsp3) is 0.286. The molecule has 0 aliphatic rings. The minimum Gasteiger partial charge on any atom is -0.305 e. The molecule has 0 aliphatic carbocycles. The molecule has 2 rings (SSSR count). The Morgan fingerprint density at radius 3 is 2.53 bits per heavy atom. The van der Waals surface area contributed by atoms with Gasteiger partial charge in [0.25, 0.3) is 0 Å². The Hall–Kier alpha value is -0.640. The highest BCUT2D eigenvalue weighted by Crippen LogP contribution is 2.23. The van der Waals surface area contributed by atoms with Gasteiger partial charge in [-0.3, -0.25) is 0 Å². The number of halogens is 1. The van der Waals surface area contributed by atoms with Crippen molar-refractivity contribution in [1.82, 2.24) is 5.32 Å². The van der Waals surface area contributed by atoms with Gasteiger partial charge < -0.3 is 5.32 Å². The molecule has 0 radical (unpaired) electrons. The van der Waals surface area contributed by atoms with Gasteiger partial charge in [0.15, 0.2) is 0 Å². The van der Waals surface area contributed by atoms with Gasteiger partial charge in [-0.05, 0) is 46.8 Å². The maximum atomic E-state index is 3.55. The molecule has 90 valence electrons. The maximum Gasteiger partial charge on any atom is 0.0327 e. The second kappa shape index (κ2) is 5.80. The molecule has 0 saturated heterocycles. The lowest BCUT2D eigenvalue weighted by molar-refractivity contribution is 0.578. The molecule has 0 bridgehead atoms. The van der Waals surface area contributed by atoms with E-state index >= 15 is 0 Å². The van der Waals surface area contributed by atoms with Gasteiger partial charge >= 0.3 is 0 Å². The third kappa shape index (κ3) is 3.41. The molecule has 2 aromatic rings. The first kappa shape index (κ1) is 12.8. The van der Waals surface area contributed by atoms with E-state index < -0.39 is 0 Å². The standard InChI is InChI=1S/C14H16BrNS/c1-10-3-5-12(6-4-10)11(2)16-9-14-13(15)7-8-17-14/h3-8,11,16H,9H2,1-2H3. The number of aryl methyl sites for hydroxylation is 1. The Balaban J connectivity index is 1.95. The van der Waals surface area contributed by atoms with Gasteiger partial charge in [-0.25, -0.2) is 0 Å². The zero-order valence-corrected chi connectivity index (χ0v) is 12.4. The van der Waals surface area contributed by atoms with E-state index in [1.807, 2.05) is 0 Å². The average molecular weight is 310 g/mol. The van der Waals surface area contributed by atoms with Gasteiger partial charge in [0, 0.05) is 21.9 Å². The molecular weight excluding hydrogens is 294 g/mol. The molecule has 1 aromatic carbocycles. The summed E-state index contributed by atoms with van der Waals surface area (Å²) in [4.78, 5) is 1.35. The molecule has 1 heterocycles. The lowest BCUT2D eigenvalue weighted by Gasteiger charge is -2.14. The highest BCUT2D eigenvalue weighted by molar-refractivity contribution is 9.10. The Labute approximate surface area is 115 Å². The Morgan fingerprint density at radius 1 is 1.24 bits per heavy atom. The summed E-state index contributed by atoms with van der Waals surface area (Å²) in [5.41, 5.74) is 2.64. The minimum absolute atomic E-state index is 0.379. The maximum absolute atomic E-state index is 3.55. The molecule has 0 fully saturated rings. The molecule has 1 N–H and O–H groups in total. The van der Waals surface area contributed by atoms with Crippen LogP contribution < -0.4 is 5.32 Å². The SMILES string of the molecule is Cc1ccc(C(C)NCc2sccc2Br)cc1. The summed E-state index contributed by atoms with van der Waals surface area (Å²) >= 11 is 5.33. The van der Waals surface area contributed by atoms with E-state index in [2.05, 4.69) is 70.8 Å². The van der Waals surface area contributed by atoms with E-state index in [-0.39, 0.29) is 0 Å². The largest absolute Gasteiger partial charge is 0.305 e. The fourth-order valence-electron chi connectivity index (χ4n) is 1.67. The molecule has 1 unspecified atom stereocenters. The van der Waals surface area contributed by atoms with Crippen molar-refractivity contribution >= 4 is 27.3 Å². The van der Waals surface area contributed by atoms with Crippen molar-refractivity contribution in [3.05, 3.63) is 56.2 Å². The zero-order valence-electron chi connectivity index (χ0n) is 10.0. The highest BCUT2D eigenvalue weighted by Gasteiger charge is 2.06. The quantitative estimate of drug-likeness (QED) is 0.865. The summed E-state index contributed by atoms with van der Waals surface area (Å²) in [6.07, 6.45) is 0. The molecule has 0 saturated carbocycles. The molecule has 3 heteroatoms. The Bertz CT molecular complexity index is 475. The van der Waals surface area contributed by atoms with E-state index in [9.17, 15) is 0 Å². The van der Waals surface area contributed by atoms with E-state index in [1.54, 1.807) is 11.3 Å². The summed E-state index contributed by atoms with van der Waals surface area (Å²) in [5, 5.41) is 5.65. The van der Waals surface area contributed by atoms with Crippen molar-refractivity contribution in [3.8, 4) is 0 Å². The van der Waals surface area contributed by atoms with Gasteiger partial charge in [0.1, 0.15) is 0 Å². The van der Waals surface area contributed by atoms with Crippen LogP contribution in [0, 0.1) is 6.92 Å². The van der Waals surface area contributed by atoms with Crippen LogP contribution in [0.4, 0.5) is 0 Å². The number of rotatable bonds is 4. The van der Waals surface area contributed by atoms with Crippen LogP contribution in [0.2, 0.25) is 0 Å². The second-order valence-corrected chi connectivity index (χ2v) is 6.06. The number of benzene rings is 1. The topological polar surface area (TPSA) is 12.0 Å². The van der Waals surface area contributed by atoms with Crippen LogP contribution in [0.1, 0.15) is 29.0 Å². The van der Waals surface area contributed by atoms with Crippen molar-refractivity contribution in [2.45, 2.75) is 26.4 Å². The highest BCUT2D eigenvalue weighted by atomic mass is 79.9. The van der Waals surface area contributed by atoms with E-state index in [1.165, 1.54) is 20.5 Å². The molecule has 1 atom stereocenters. The smallest absolute Gasteiger partial charge is 0.0327 e. The van der Waals surface area contributed by atoms with Crippen LogP contribution in [0.15, 0.2) is 40.2 Å². The molecule has 0 spiro atoms. The normalized spacial score (nSPS) is 12.6. The lowest BCUT2D eigenvalue weighted by Crippen LogP contribution is -2.17. The minimum atomic E-state index is 0.379. The fourth-order valence-corrected chi connectivity index (χ4v) is 3.11. The first-order valence-electron chi connectivity index (χ1n) is 5.68. The van der Waals surface area contributed by atoms with Crippen molar-refractivity contribution in [2.24, 2.45) is 0 Å². The summed E-state index contributed by atoms with van der Waals surface area (Å²) < 4.78 is 1.20. The predicted octanol–water partition coefficient (Wildman–Crippen LogP) is 4.67. The average Bonchev–Trinajstić information content (AvgIpc) is 2.73. The lowest BCUT2D eigenvalue weighted by atomic mass is 10.1. The van der Waals surface area contributed by atoms with Gasteiger partial charge in [-0.2, -0.15) is 0 Å². The zero-order chi connectivity index (χ0) is 12.3. The number of hydrogen-bond donors (Lipinski definition) is 1. The summed E-state index contributed by atoms with van der Waals surface area (Å²) in [6, 6.07) is 11.2. The Kier molecular flexibility index (Phi) is 4.37. The summed E-state index contributed by atoms with van der Waals surface area (Å²) in [6.45, 7) is 5.23. The van der Waals surface area contributed by atoms with Gasteiger partial charge in [0.05, 0.1) is 0 Å². The molecule has 1 nitrogen and oxygen atoms in total. The van der Waals surface area contributed by atoms with Crippen LogP contribution in [-0.4, -0.2) is 0 Å². The Morgan fingerprint density at radius 2 is 1.94 bits per heavy atom. The molecule has 1 aromatic heterocycles. The summed E-state index contributed by atoms with van der Waals surface area (Å²) in [7, 11) is 0. The molecular formula is C14H16BrNS. The van der Waals surface area contributed by atoms with Crippen LogP contribution in [0.5, 0.6) is 0 Å². The van der Waals surface area contributed by atoms with Gasteiger partial charge in [-0.15, -0.1) is 11.3 Å². The third-order valence-electron chi connectivity index (χ3n) is 2.84. The summed E-state index contributed by atoms with van der Waals surface area (Å²) in [5.74, 6) is 0. The van der Waals surface area contributed by atoms with Crippen LogP contribution in [0.3, 0.4) is 0 Å². The van der Waals surface area contributed by atoms with Crippen molar-refractivity contribution in [1.29, 1.82) is 0 Å². The number of thiophene rings is 1. The van der Waals surface area contributed by atoms with E-state index in [0.29, 0.717) is 6.04 Å². The van der Waals surface area contributed by atoms with Gasteiger partial charge in [-0.1, -0.05) is 29.8 Å². The second-order valence-electron chi connectivity index (χ2n) is 4.20. The predicted molar refractivity (Wildman–Crippen MR) is 78.5 cm³/mol. The number of nitrogens with one attached hydrogen (secondary N) is 1. The van der Waals surface area contributed by atoms with Crippen LogP contribution >= 0.6 is 27.3 Å².